The van der Waals surface area contributed by atoms with E-state index in [1.165, 1.54) is 25.9 Å². The fraction of sp³-hybridized carbons (Fsp3) is 1.00. The highest BCUT2D eigenvalue weighted by Crippen LogP contribution is 2.11. The van der Waals surface area contributed by atoms with Gasteiger partial charge in [0.2, 0.25) is 0 Å². The third-order valence-corrected chi connectivity index (χ3v) is 3.00. The zero-order valence-corrected chi connectivity index (χ0v) is 12.2. The standard InChI is InChI=1S/C14H32N2/c1-7-9-16(10-8-2)14(12(3)4)11-15-13(5)6/h12-15H,7-11H2,1-6H3. The third-order valence-electron chi connectivity index (χ3n) is 3.00. The second-order valence-electron chi connectivity index (χ2n) is 5.41. The molecule has 0 aliphatic heterocycles. The van der Waals surface area contributed by atoms with Crippen molar-refractivity contribution < 1.29 is 0 Å². The molecule has 0 spiro atoms. The molecule has 2 nitrogen and oxygen atoms in total. The SMILES string of the molecule is CCCN(CCC)C(CNC(C)C)C(C)C. The Balaban J connectivity index is 4.31. The first-order valence-corrected chi connectivity index (χ1v) is 7.00. The predicted octanol–water partition coefficient (Wildman–Crippen LogP) is 3.13. The summed E-state index contributed by atoms with van der Waals surface area (Å²) in [6.07, 6.45) is 2.51. The largest absolute Gasteiger partial charge is 0.313 e. The van der Waals surface area contributed by atoms with Crippen LogP contribution in [-0.4, -0.2) is 36.6 Å². The number of hydrogen-bond donors (Lipinski definition) is 1. The van der Waals surface area contributed by atoms with E-state index in [0.29, 0.717) is 12.1 Å². The summed E-state index contributed by atoms with van der Waals surface area (Å²) in [5.41, 5.74) is 0. The highest BCUT2D eigenvalue weighted by molar-refractivity contribution is 4.77. The first-order valence-electron chi connectivity index (χ1n) is 7.00. The summed E-state index contributed by atoms with van der Waals surface area (Å²) in [5.74, 6) is 0.726. The van der Waals surface area contributed by atoms with E-state index < -0.39 is 0 Å². The summed E-state index contributed by atoms with van der Waals surface area (Å²) in [5, 5.41) is 3.58. The molecule has 98 valence electrons. The van der Waals surface area contributed by atoms with Crippen LogP contribution in [0.15, 0.2) is 0 Å². The fourth-order valence-corrected chi connectivity index (χ4v) is 2.16. The minimum atomic E-state index is 0.589. The summed E-state index contributed by atoms with van der Waals surface area (Å²) in [4.78, 5) is 2.65. The Kier molecular flexibility index (Phi) is 8.96. The molecule has 0 aliphatic carbocycles. The molecule has 1 N–H and O–H groups in total. The molecule has 0 rings (SSSR count). The molecular weight excluding hydrogens is 196 g/mol. The summed E-state index contributed by atoms with van der Waals surface area (Å²) in [6, 6.07) is 1.27. The molecule has 0 aromatic rings. The summed E-state index contributed by atoms with van der Waals surface area (Å²) < 4.78 is 0. The molecule has 1 atom stereocenters. The fourth-order valence-electron chi connectivity index (χ4n) is 2.16. The molecule has 0 radical (unpaired) electrons. The summed E-state index contributed by atoms with van der Waals surface area (Å²) >= 11 is 0. The number of nitrogens with zero attached hydrogens (tertiary/aromatic N) is 1. The van der Waals surface area contributed by atoms with Gasteiger partial charge in [-0.15, -0.1) is 0 Å². The van der Waals surface area contributed by atoms with Gasteiger partial charge in [0.25, 0.3) is 0 Å². The van der Waals surface area contributed by atoms with Crippen molar-refractivity contribution >= 4 is 0 Å². The molecule has 1 unspecified atom stereocenters. The third kappa shape index (κ3) is 6.49. The van der Waals surface area contributed by atoms with Crippen LogP contribution in [-0.2, 0) is 0 Å². The van der Waals surface area contributed by atoms with Crippen LogP contribution in [0.4, 0.5) is 0 Å². The average molecular weight is 228 g/mol. The monoisotopic (exact) mass is 228 g/mol. The van der Waals surface area contributed by atoms with Crippen LogP contribution in [0.5, 0.6) is 0 Å². The predicted molar refractivity (Wildman–Crippen MR) is 73.9 cm³/mol. The molecule has 0 saturated carbocycles. The van der Waals surface area contributed by atoms with Crippen molar-refractivity contribution in [2.45, 2.75) is 66.5 Å². The second kappa shape index (κ2) is 9.00. The van der Waals surface area contributed by atoms with E-state index in [-0.39, 0.29) is 0 Å². The van der Waals surface area contributed by atoms with Gasteiger partial charge in [-0.1, -0.05) is 41.5 Å². The van der Waals surface area contributed by atoms with E-state index in [1.807, 2.05) is 0 Å². The van der Waals surface area contributed by atoms with Gasteiger partial charge < -0.3 is 5.32 Å². The van der Waals surface area contributed by atoms with Crippen LogP contribution in [0.3, 0.4) is 0 Å². The lowest BCUT2D eigenvalue weighted by atomic mass is 10.0. The van der Waals surface area contributed by atoms with Crippen molar-refractivity contribution in [3.05, 3.63) is 0 Å². The van der Waals surface area contributed by atoms with Gasteiger partial charge in [-0.2, -0.15) is 0 Å². The lowest BCUT2D eigenvalue weighted by Gasteiger charge is -2.35. The van der Waals surface area contributed by atoms with Crippen molar-refractivity contribution in [3.8, 4) is 0 Å². The topological polar surface area (TPSA) is 15.3 Å². The maximum Gasteiger partial charge on any atom is 0.0243 e. The second-order valence-corrected chi connectivity index (χ2v) is 5.41. The minimum Gasteiger partial charge on any atom is -0.313 e. The zero-order valence-electron chi connectivity index (χ0n) is 12.2. The van der Waals surface area contributed by atoms with E-state index in [0.717, 1.165) is 12.5 Å². The lowest BCUT2D eigenvalue weighted by Crippen LogP contribution is -2.47. The van der Waals surface area contributed by atoms with Crippen LogP contribution in [0.1, 0.15) is 54.4 Å². The van der Waals surface area contributed by atoms with Crippen molar-refractivity contribution in [2.75, 3.05) is 19.6 Å². The average Bonchev–Trinajstić information content (AvgIpc) is 2.17. The van der Waals surface area contributed by atoms with Crippen molar-refractivity contribution in [2.24, 2.45) is 5.92 Å². The van der Waals surface area contributed by atoms with Gasteiger partial charge in [0.05, 0.1) is 0 Å². The Morgan fingerprint density at radius 3 is 1.75 bits per heavy atom. The van der Waals surface area contributed by atoms with Crippen LogP contribution in [0.25, 0.3) is 0 Å². The number of nitrogens with one attached hydrogen (secondary N) is 1. The molecule has 2 heteroatoms. The molecule has 0 aromatic carbocycles. The molecule has 0 heterocycles. The van der Waals surface area contributed by atoms with E-state index in [2.05, 4.69) is 51.8 Å². The van der Waals surface area contributed by atoms with Crippen molar-refractivity contribution in [1.29, 1.82) is 0 Å². The van der Waals surface area contributed by atoms with E-state index in [9.17, 15) is 0 Å². The maximum absolute atomic E-state index is 3.58. The Morgan fingerprint density at radius 1 is 0.938 bits per heavy atom. The Morgan fingerprint density at radius 2 is 1.44 bits per heavy atom. The molecule has 0 fully saturated rings. The summed E-state index contributed by atoms with van der Waals surface area (Å²) in [7, 11) is 0. The Bertz CT molecular complexity index is 149. The van der Waals surface area contributed by atoms with Gasteiger partial charge in [-0.05, 0) is 31.8 Å². The first-order chi connectivity index (χ1) is 7.52. The molecule has 0 aromatic heterocycles. The Hall–Kier alpha value is -0.0800. The quantitative estimate of drug-likeness (QED) is 0.652. The van der Waals surface area contributed by atoms with E-state index in [4.69, 9.17) is 0 Å². The normalized spacial score (nSPS) is 14.1. The smallest absolute Gasteiger partial charge is 0.0243 e. The van der Waals surface area contributed by atoms with E-state index in [1.54, 1.807) is 0 Å². The van der Waals surface area contributed by atoms with Crippen LogP contribution >= 0.6 is 0 Å². The molecule has 16 heavy (non-hydrogen) atoms. The van der Waals surface area contributed by atoms with Gasteiger partial charge >= 0.3 is 0 Å². The van der Waals surface area contributed by atoms with E-state index >= 15 is 0 Å². The van der Waals surface area contributed by atoms with Gasteiger partial charge in [0.15, 0.2) is 0 Å². The first kappa shape index (κ1) is 15.9. The molecular formula is C14H32N2. The van der Waals surface area contributed by atoms with Gasteiger partial charge in [-0.25, -0.2) is 0 Å². The van der Waals surface area contributed by atoms with Gasteiger partial charge in [0, 0.05) is 18.6 Å². The van der Waals surface area contributed by atoms with Crippen molar-refractivity contribution in [1.82, 2.24) is 10.2 Å². The summed E-state index contributed by atoms with van der Waals surface area (Å²) in [6.45, 7) is 17.3. The molecule has 0 saturated heterocycles. The van der Waals surface area contributed by atoms with Crippen molar-refractivity contribution in [3.63, 3.8) is 0 Å². The maximum atomic E-state index is 3.58. The number of hydrogen-bond acceptors (Lipinski definition) is 2. The number of rotatable bonds is 9. The Labute approximate surface area is 103 Å². The molecule has 0 amide bonds. The van der Waals surface area contributed by atoms with Gasteiger partial charge in [0.1, 0.15) is 0 Å². The highest BCUT2D eigenvalue weighted by atomic mass is 15.2. The van der Waals surface area contributed by atoms with Gasteiger partial charge in [-0.3, -0.25) is 4.90 Å². The zero-order chi connectivity index (χ0) is 12.6. The molecule has 0 aliphatic rings. The van der Waals surface area contributed by atoms with Crippen LogP contribution in [0.2, 0.25) is 0 Å². The molecule has 0 bridgehead atoms. The lowest BCUT2D eigenvalue weighted by molar-refractivity contribution is 0.149. The van der Waals surface area contributed by atoms with Crippen LogP contribution in [0, 0.1) is 5.92 Å². The minimum absolute atomic E-state index is 0.589. The highest BCUT2D eigenvalue weighted by Gasteiger charge is 2.20. The van der Waals surface area contributed by atoms with Crippen LogP contribution < -0.4 is 5.32 Å².